The maximum absolute atomic E-state index is 12.1. The van der Waals surface area contributed by atoms with Crippen LogP contribution in [0.2, 0.25) is 0 Å². The van der Waals surface area contributed by atoms with E-state index >= 15 is 0 Å². The van der Waals surface area contributed by atoms with Gasteiger partial charge in [-0.2, -0.15) is 0 Å². The van der Waals surface area contributed by atoms with Crippen LogP contribution in [0.3, 0.4) is 0 Å². The minimum Gasteiger partial charge on any atom is -0.481 e. The van der Waals surface area contributed by atoms with E-state index in [4.69, 9.17) is 5.11 Å². The third kappa shape index (κ3) is 6.21. The standard InChI is InChI=1S/C16H21N3O6/c1-3-5-12(16(22)23)9-17-14(20)10(2)18-15(21)11-6-4-7-13(8-11)19(24)25/h4,6-8,10,12H,3,5,9H2,1-2H3,(H,17,20)(H,18,21)(H,22,23). The van der Waals surface area contributed by atoms with Crippen molar-refractivity contribution in [1.29, 1.82) is 0 Å². The fourth-order valence-electron chi connectivity index (χ4n) is 2.14. The number of hydrogen-bond acceptors (Lipinski definition) is 5. The Morgan fingerprint density at radius 1 is 1.32 bits per heavy atom. The highest BCUT2D eigenvalue weighted by Crippen LogP contribution is 2.13. The number of carboxylic acids is 1. The van der Waals surface area contributed by atoms with Crippen molar-refractivity contribution in [3.8, 4) is 0 Å². The topological polar surface area (TPSA) is 139 Å². The molecule has 0 bridgehead atoms. The van der Waals surface area contributed by atoms with Gasteiger partial charge >= 0.3 is 5.97 Å². The predicted octanol–water partition coefficient (Wildman–Crippen LogP) is 1.33. The lowest BCUT2D eigenvalue weighted by Crippen LogP contribution is -2.46. The van der Waals surface area contributed by atoms with Crippen LogP contribution in [0.1, 0.15) is 37.0 Å². The second-order valence-electron chi connectivity index (χ2n) is 5.57. The molecule has 2 atom stereocenters. The van der Waals surface area contributed by atoms with Crippen LogP contribution in [0, 0.1) is 16.0 Å². The molecular formula is C16H21N3O6. The lowest BCUT2D eigenvalue weighted by atomic mass is 10.0. The molecule has 2 unspecified atom stereocenters. The Morgan fingerprint density at radius 2 is 2.00 bits per heavy atom. The van der Waals surface area contributed by atoms with Crippen LogP contribution < -0.4 is 10.6 Å². The minimum absolute atomic E-state index is 0.0287. The molecule has 2 amide bonds. The number of hydrogen-bond donors (Lipinski definition) is 3. The fraction of sp³-hybridized carbons (Fsp3) is 0.438. The lowest BCUT2D eigenvalue weighted by molar-refractivity contribution is -0.384. The third-order valence-corrected chi connectivity index (χ3v) is 3.57. The molecule has 1 aromatic rings. The summed E-state index contributed by atoms with van der Waals surface area (Å²) in [7, 11) is 0. The normalized spacial score (nSPS) is 12.7. The SMILES string of the molecule is CCCC(CNC(=O)C(C)NC(=O)c1cccc([N+](=O)[O-])c1)C(=O)O. The highest BCUT2D eigenvalue weighted by molar-refractivity contribution is 5.97. The quantitative estimate of drug-likeness (QED) is 0.453. The van der Waals surface area contributed by atoms with Crippen molar-refractivity contribution in [2.45, 2.75) is 32.7 Å². The number of carboxylic acid groups (broad SMARTS) is 1. The van der Waals surface area contributed by atoms with Gasteiger partial charge < -0.3 is 15.7 Å². The molecule has 0 heterocycles. The van der Waals surface area contributed by atoms with Crippen LogP contribution in [-0.2, 0) is 9.59 Å². The summed E-state index contributed by atoms with van der Waals surface area (Å²) in [6, 6.07) is 4.23. The van der Waals surface area contributed by atoms with Crippen LogP contribution in [0.15, 0.2) is 24.3 Å². The van der Waals surface area contributed by atoms with E-state index in [2.05, 4.69) is 10.6 Å². The van der Waals surface area contributed by atoms with Crippen molar-refractivity contribution in [2.24, 2.45) is 5.92 Å². The maximum Gasteiger partial charge on any atom is 0.308 e. The molecule has 0 aliphatic carbocycles. The van der Waals surface area contributed by atoms with Crippen molar-refractivity contribution in [3.05, 3.63) is 39.9 Å². The smallest absolute Gasteiger partial charge is 0.308 e. The molecule has 25 heavy (non-hydrogen) atoms. The molecule has 9 heteroatoms. The first-order valence-electron chi connectivity index (χ1n) is 7.82. The first-order valence-corrected chi connectivity index (χ1v) is 7.82. The van der Waals surface area contributed by atoms with E-state index in [9.17, 15) is 24.5 Å². The van der Waals surface area contributed by atoms with Gasteiger partial charge in [0, 0.05) is 24.2 Å². The molecule has 0 aromatic heterocycles. The van der Waals surface area contributed by atoms with Gasteiger partial charge in [0.2, 0.25) is 5.91 Å². The van der Waals surface area contributed by atoms with Crippen molar-refractivity contribution in [2.75, 3.05) is 6.54 Å². The Hall–Kier alpha value is -2.97. The van der Waals surface area contributed by atoms with Crippen molar-refractivity contribution in [3.63, 3.8) is 0 Å². The molecule has 0 saturated carbocycles. The molecule has 0 fully saturated rings. The van der Waals surface area contributed by atoms with Crippen LogP contribution >= 0.6 is 0 Å². The second-order valence-corrected chi connectivity index (χ2v) is 5.57. The van der Waals surface area contributed by atoms with Gasteiger partial charge in [0.25, 0.3) is 11.6 Å². The fourth-order valence-corrected chi connectivity index (χ4v) is 2.14. The van der Waals surface area contributed by atoms with Gasteiger partial charge in [-0.3, -0.25) is 24.5 Å². The zero-order valence-electron chi connectivity index (χ0n) is 14.0. The summed E-state index contributed by atoms with van der Waals surface area (Å²) in [5, 5.41) is 24.7. The number of nitro benzene ring substituents is 1. The van der Waals surface area contributed by atoms with E-state index in [1.165, 1.54) is 25.1 Å². The van der Waals surface area contributed by atoms with E-state index in [1.807, 2.05) is 6.92 Å². The Balaban J connectivity index is 2.62. The Morgan fingerprint density at radius 3 is 2.56 bits per heavy atom. The van der Waals surface area contributed by atoms with Gasteiger partial charge in [0.1, 0.15) is 6.04 Å². The van der Waals surface area contributed by atoms with Crippen molar-refractivity contribution < 1.29 is 24.4 Å². The highest BCUT2D eigenvalue weighted by Gasteiger charge is 2.21. The average Bonchev–Trinajstić information content (AvgIpc) is 2.57. The van der Waals surface area contributed by atoms with Crippen LogP contribution in [0.5, 0.6) is 0 Å². The highest BCUT2D eigenvalue weighted by atomic mass is 16.6. The van der Waals surface area contributed by atoms with Crippen molar-refractivity contribution in [1.82, 2.24) is 10.6 Å². The number of amides is 2. The molecule has 0 spiro atoms. The van der Waals surface area contributed by atoms with E-state index in [0.717, 1.165) is 6.07 Å². The molecule has 0 radical (unpaired) electrons. The second kappa shape index (κ2) is 9.36. The Kier molecular flexibility index (Phi) is 7.51. The molecular weight excluding hydrogens is 330 g/mol. The van der Waals surface area contributed by atoms with Crippen molar-refractivity contribution >= 4 is 23.5 Å². The number of aliphatic carboxylic acids is 1. The molecule has 0 aliphatic rings. The predicted molar refractivity (Wildman–Crippen MR) is 89.1 cm³/mol. The van der Waals surface area contributed by atoms with Gasteiger partial charge in [0.15, 0.2) is 0 Å². The number of nitrogens with zero attached hydrogens (tertiary/aromatic N) is 1. The summed E-state index contributed by atoms with van der Waals surface area (Å²) in [6.45, 7) is 3.26. The zero-order valence-corrected chi connectivity index (χ0v) is 14.0. The van der Waals surface area contributed by atoms with Crippen LogP contribution in [0.25, 0.3) is 0 Å². The number of non-ortho nitro benzene ring substituents is 1. The monoisotopic (exact) mass is 351 g/mol. The minimum atomic E-state index is -0.990. The summed E-state index contributed by atoms with van der Waals surface area (Å²) in [5.41, 5.74) is -0.170. The van der Waals surface area contributed by atoms with E-state index < -0.39 is 34.7 Å². The summed E-state index contributed by atoms with van der Waals surface area (Å²) in [5.74, 6) is -2.83. The Labute approximate surface area is 144 Å². The first kappa shape index (κ1) is 20.1. The summed E-state index contributed by atoms with van der Waals surface area (Å²) >= 11 is 0. The molecule has 1 aromatic carbocycles. The summed E-state index contributed by atoms with van der Waals surface area (Å²) < 4.78 is 0. The molecule has 136 valence electrons. The average molecular weight is 351 g/mol. The maximum atomic E-state index is 12.1. The van der Waals surface area contributed by atoms with Crippen LogP contribution in [-0.4, -0.2) is 40.4 Å². The van der Waals surface area contributed by atoms with Gasteiger partial charge in [-0.1, -0.05) is 19.4 Å². The summed E-state index contributed by atoms with van der Waals surface area (Å²) in [6.07, 6.45) is 1.11. The molecule has 0 saturated heterocycles. The largest absolute Gasteiger partial charge is 0.481 e. The molecule has 0 aliphatic heterocycles. The number of benzene rings is 1. The lowest BCUT2D eigenvalue weighted by Gasteiger charge is -2.16. The van der Waals surface area contributed by atoms with E-state index in [-0.39, 0.29) is 17.8 Å². The third-order valence-electron chi connectivity index (χ3n) is 3.57. The number of nitro groups is 1. The van der Waals surface area contributed by atoms with Gasteiger partial charge in [0.05, 0.1) is 10.8 Å². The Bertz CT molecular complexity index is 661. The van der Waals surface area contributed by atoms with Gasteiger partial charge in [-0.05, 0) is 19.4 Å². The molecule has 3 N–H and O–H groups in total. The number of nitrogens with one attached hydrogen (secondary N) is 2. The number of carbonyl (C=O) groups is 3. The van der Waals surface area contributed by atoms with Gasteiger partial charge in [-0.25, -0.2) is 0 Å². The number of carbonyl (C=O) groups excluding carboxylic acids is 2. The zero-order chi connectivity index (χ0) is 19.0. The number of rotatable bonds is 9. The van der Waals surface area contributed by atoms with Crippen LogP contribution in [0.4, 0.5) is 5.69 Å². The molecule has 9 nitrogen and oxygen atoms in total. The first-order chi connectivity index (χ1) is 11.8. The van der Waals surface area contributed by atoms with E-state index in [1.54, 1.807) is 0 Å². The van der Waals surface area contributed by atoms with Gasteiger partial charge in [-0.15, -0.1) is 0 Å². The molecule has 1 rings (SSSR count). The summed E-state index contributed by atoms with van der Waals surface area (Å²) in [4.78, 5) is 45.2. The van der Waals surface area contributed by atoms with E-state index in [0.29, 0.717) is 12.8 Å².